The minimum atomic E-state index is -0.606. The van der Waals surface area contributed by atoms with E-state index in [0.29, 0.717) is 23.9 Å². The lowest BCUT2D eigenvalue weighted by atomic mass is 10.1. The Morgan fingerprint density at radius 3 is 2.89 bits per heavy atom. The van der Waals surface area contributed by atoms with Gasteiger partial charge in [-0.2, -0.15) is 0 Å². The second-order valence-electron chi connectivity index (χ2n) is 6.26. The van der Waals surface area contributed by atoms with Gasteiger partial charge in [0, 0.05) is 29.9 Å². The molecule has 6 nitrogen and oxygen atoms in total. The molecule has 7 heteroatoms. The molecule has 3 rings (SSSR count). The number of pyridine rings is 1. The molecule has 1 aromatic carbocycles. The summed E-state index contributed by atoms with van der Waals surface area (Å²) in [6.07, 6.45) is 6.24. The Hall–Kier alpha value is -2.86. The van der Waals surface area contributed by atoms with Crippen molar-refractivity contribution < 1.29 is 14.3 Å². The Morgan fingerprint density at radius 2 is 2.11 bits per heavy atom. The van der Waals surface area contributed by atoms with Gasteiger partial charge >= 0.3 is 0 Å². The maximum Gasteiger partial charge on any atom is 0.267 e. The van der Waals surface area contributed by atoms with Crippen molar-refractivity contribution in [2.45, 2.75) is 18.9 Å². The van der Waals surface area contributed by atoms with Crippen LogP contribution < -0.4 is 10.5 Å². The third-order valence-corrected chi connectivity index (χ3v) is 4.63. The van der Waals surface area contributed by atoms with E-state index in [2.05, 4.69) is 4.98 Å². The highest BCUT2D eigenvalue weighted by molar-refractivity contribution is 6.32. The fourth-order valence-electron chi connectivity index (χ4n) is 2.92. The highest BCUT2D eigenvalue weighted by Crippen LogP contribution is 2.20. The molecule has 1 unspecified atom stereocenters. The molecule has 0 saturated carbocycles. The molecule has 1 aromatic heterocycles. The van der Waals surface area contributed by atoms with E-state index in [0.717, 1.165) is 18.4 Å². The van der Waals surface area contributed by atoms with Crippen molar-refractivity contribution in [1.29, 1.82) is 0 Å². The molecule has 1 saturated heterocycles. The summed E-state index contributed by atoms with van der Waals surface area (Å²) in [4.78, 5) is 29.4. The van der Waals surface area contributed by atoms with Crippen molar-refractivity contribution in [3.05, 3.63) is 65.0 Å². The predicted octanol–water partition coefficient (Wildman–Crippen LogP) is 2.92. The molecule has 0 spiro atoms. The lowest BCUT2D eigenvalue weighted by Gasteiger charge is -2.32. The SMILES string of the molecule is NC(=O)c1cc(OC2CCCN(C(=O)/C=C/c3ccccc3Cl)C2)ccn1. The van der Waals surface area contributed by atoms with Crippen LogP contribution in [0.4, 0.5) is 0 Å². The number of rotatable bonds is 5. The Kier molecular flexibility index (Phi) is 6.08. The summed E-state index contributed by atoms with van der Waals surface area (Å²) in [6, 6.07) is 10.5. The van der Waals surface area contributed by atoms with Crippen LogP contribution in [0.1, 0.15) is 28.9 Å². The van der Waals surface area contributed by atoms with Crippen molar-refractivity contribution in [2.24, 2.45) is 5.73 Å². The summed E-state index contributed by atoms with van der Waals surface area (Å²) in [5, 5.41) is 0.601. The summed E-state index contributed by atoms with van der Waals surface area (Å²) in [6.45, 7) is 1.15. The lowest BCUT2D eigenvalue weighted by molar-refractivity contribution is -0.128. The summed E-state index contributed by atoms with van der Waals surface area (Å²) in [5.41, 5.74) is 6.19. The maximum atomic E-state index is 12.5. The van der Waals surface area contributed by atoms with Crippen LogP contribution in [-0.2, 0) is 4.79 Å². The van der Waals surface area contributed by atoms with E-state index in [1.54, 1.807) is 23.1 Å². The van der Waals surface area contributed by atoms with Crippen molar-refractivity contribution in [1.82, 2.24) is 9.88 Å². The number of halogens is 1. The number of nitrogens with zero attached hydrogens (tertiary/aromatic N) is 2. The molecule has 140 valence electrons. The van der Waals surface area contributed by atoms with Crippen LogP contribution in [0.15, 0.2) is 48.7 Å². The summed E-state index contributed by atoms with van der Waals surface area (Å²) < 4.78 is 5.92. The molecule has 0 aliphatic carbocycles. The molecule has 0 bridgehead atoms. The quantitative estimate of drug-likeness (QED) is 0.802. The van der Waals surface area contributed by atoms with E-state index in [4.69, 9.17) is 22.1 Å². The van der Waals surface area contributed by atoms with Gasteiger partial charge in [-0.3, -0.25) is 14.6 Å². The van der Waals surface area contributed by atoms with Gasteiger partial charge in [-0.25, -0.2) is 0 Å². The zero-order chi connectivity index (χ0) is 19.2. The van der Waals surface area contributed by atoms with Crippen LogP contribution in [0.2, 0.25) is 5.02 Å². The topological polar surface area (TPSA) is 85.5 Å². The molecule has 1 fully saturated rings. The Labute approximate surface area is 162 Å². The first-order valence-electron chi connectivity index (χ1n) is 8.67. The average Bonchev–Trinajstić information content (AvgIpc) is 2.67. The third kappa shape index (κ3) is 5.08. The standard InChI is InChI=1S/C20H20ClN3O3/c21-17-6-2-1-4-14(17)7-8-19(25)24-11-3-5-16(13-24)27-15-9-10-23-18(12-15)20(22)26/h1-2,4,6-10,12,16H,3,5,11,13H2,(H2,22,26)/b8-7+. The van der Waals surface area contributed by atoms with Crippen molar-refractivity contribution in [3.8, 4) is 5.75 Å². The Balaban J connectivity index is 1.62. The smallest absolute Gasteiger partial charge is 0.267 e. The number of ether oxygens (including phenoxy) is 1. The van der Waals surface area contributed by atoms with Crippen molar-refractivity contribution in [2.75, 3.05) is 13.1 Å². The number of benzene rings is 1. The lowest BCUT2D eigenvalue weighted by Crippen LogP contribution is -2.43. The van der Waals surface area contributed by atoms with Gasteiger partial charge < -0.3 is 15.4 Å². The highest BCUT2D eigenvalue weighted by Gasteiger charge is 2.24. The molecule has 27 heavy (non-hydrogen) atoms. The third-order valence-electron chi connectivity index (χ3n) is 4.29. The van der Waals surface area contributed by atoms with E-state index in [-0.39, 0.29) is 17.7 Å². The van der Waals surface area contributed by atoms with Gasteiger partial charge in [0.15, 0.2) is 0 Å². The normalized spacial score (nSPS) is 17.1. The monoisotopic (exact) mass is 385 g/mol. The second-order valence-corrected chi connectivity index (χ2v) is 6.67. The largest absolute Gasteiger partial charge is 0.488 e. The van der Waals surface area contributed by atoms with Crippen LogP contribution in [0.25, 0.3) is 6.08 Å². The van der Waals surface area contributed by atoms with E-state index in [1.807, 2.05) is 18.2 Å². The number of likely N-dealkylation sites (tertiary alicyclic amines) is 1. The first-order valence-corrected chi connectivity index (χ1v) is 9.05. The molecule has 1 atom stereocenters. The number of hydrogen-bond donors (Lipinski definition) is 1. The van der Waals surface area contributed by atoms with Crippen molar-refractivity contribution in [3.63, 3.8) is 0 Å². The van der Waals surface area contributed by atoms with Gasteiger partial charge in [0.25, 0.3) is 5.91 Å². The fraction of sp³-hybridized carbons (Fsp3) is 0.250. The van der Waals surface area contributed by atoms with E-state index < -0.39 is 5.91 Å². The second kappa shape index (κ2) is 8.68. The van der Waals surface area contributed by atoms with Gasteiger partial charge in [-0.05, 0) is 36.6 Å². The molecule has 0 radical (unpaired) electrons. The summed E-state index contributed by atoms with van der Waals surface area (Å²) >= 11 is 6.11. The summed E-state index contributed by atoms with van der Waals surface area (Å²) in [7, 11) is 0. The number of carbonyl (C=O) groups is 2. The minimum Gasteiger partial charge on any atom is -0.488 e. The average molecular weight is 386 g/mol. The predicted molar refractivity (Wildman–Crippen MR) is 103 cm³/mol. The maximum absolute atomic E-state index is 12.5. The molecular weight excluding hydrogens is 366 g/mol. The minimum absolute atomic E-state index is 0.0872. The first kappa shape index (κ1) is 18.9. The molecule has 2 heterocycles. The number of aromatic nitrogens is 1. The molecular formula is C20H20ClN3O3. The number of amides is 2. The number of carbonyl (C=O) groups excluding carboxylic acids is 2. The van der Waals surface area contributed by atoms with Gasteiger partial charge in [0.1, 0.15) is 17.5 Å². The Morgan fingerprint density at radius 1 is 1.30 bits per heavy atom. The van der Waals surface area contributed by atoms with Gasteiger partial charge in [0.2, 0.25) is 5.91 Å². The van der Waals surface area contributed by atoms with E-state index in [1.165, 1.54) is 18.3 Å². The highest BCUT2D eigenvalue weighted by atomic mass is 35.5. The van der Waals surface area contributed by atoms with Crippen molar-refractivity contribution >= 4 is 29.5 Å². The van der Waals surface area contributed by atoms with Crippen LogP contribution in [0.3, 0.4) is 0 Å². The van der Waals surface area contributed by atoms with Crippen LogP contribution in [0.5, 0.6) is 5.75 Å². The fourth-order valence-corrected chi connectivity index (χ4v) is 3.12. The van der Waals surface area contributed by atoms with Gasteiger partial charge in [-0.1, -0.05) is 29.8 Å². The zero-order valence-electron chi connectivity index (χ0n) is 14.7. The zero-order valence-corrected chi connectivity index (χ0v) is 15.4. The van der Waals surface area contributed by atoms with E-state index >= 15 is 0 Å². The van der Waals surface area contributed by atoms with Crippen LogP contribution >= 0.6 is 11.6 Å². The number of hydrogen-bond acceptors (Lipinski definition) is 4. The molecule has 1 aliphatic rings. The molecule has 1 aliphatic heterocycles. The summed E-state index contributed by atoms with van der Waals surface area (Å²) in [5.74, 6) is -0.175. The Bertz CT molecular complexity index is 869. The number of primary amides is 1. The van der Waals surface area contributed by atoms with Crippen LogP contribution in [-0.4, -0.2) is 40.9 Å². The number of piperidine rings is 1. The molecule has 2 amide bonds. The number of nitrogens with two attached hydrogens (primary N) is 1. The molecule has 2 aromatic rings. The van der Waals surface area contributed by atoms with Gasteiger partial charge in [-0.15, -0.1) is 0 Å². The molecule has 2 N–H and O–H groups in total. The van der Waals surface area contributed by atoms with E-state index in [9.17, 15) is 9.59 Å². The van der Waals surface area contributed by atoms with Gasteiger partial charge in [0.05, 0.1) is 6.54 Å². The first-order chi connectivity index (χ1) is 13.0. The van der Waals surface area contributed by atoms with Crippen LogP contribution in [0, 0.1) is 0 Å².